The van der Waals surface area contributed by atoms with Crippen LogP contribution < -0.4 is 16.2 Å². The Balaban J connectivity index is 2.34. The third-order valence-electron chi connectivity index (χ3n) is 1.49. The van der Waals surface area contributed by atoms with Crippen molar-refractivity contribution in [3.8, 4) is 0 Å². The molecule has 1 aromatic heterocycles. The Bertz CT molecular complexity index is 327. The van der Waals surface area contributed by atoms with Gasteiger partial charge in [0.05, 0.1) is 0 Å². The molecule has 8 heteroatoms. The number of rotatable bonds is 5. The van der Waals surface area contributed by atoms with Crippen LogP contribution in [-0.2, 0) is 4.79 Å². The Labute approximate surface area is 96.2 Å². The number of anilines is 1. The van der Waals surface area contributed by atoms with Gasteiger partial charge in [-0.2, -0.15) is 0 Å². The van der Waals surface area contributed by atoms with Gasteiger partial charge in [-0.05, 0) is 0 Å². The summed E-state index contributed by atoms with van der Waals surface area (Å²) in [5.74, 6) is 5.45. The van der Waals surface area contributed by atoms with Crippen molar-refractivity contribution in [2.75, 3.05) is 24.7 Å². The molecule has 0 spiro atoms. The highest BCUT2D eigenvalue weighted by molar-refractivity contribution is 8.01. The van der Waals surface area contributed by atoms with E-state index in [0.717, 1.165) is 9.47 Å². The molecule has 1 heterocycles. The molecule has 0 saturated heterocycles. The second kappa shape index (κ2) is 5.89. The van der Waals surface area contributed by atoms with Crippen LogP contribution >= 0.6 is 23.1 Å². The van der Waals surface area contributed by atoms with E-state index in [9.17, 15) is 4.79 Å². The molecule has 0 aliphatic carbocycles. The quantitative estimate of drug-likeness (QED) is 0.332. The summed E-state index contributed by atoms with van der Waals surface area (Å²) in [7, 11) is 3.83. The molecule has 6 nitrogen and oxygen atoms in total. The van der Waals surface area contributed by atoms with Crippen molar-refractivity contribution in [2.24, 2.45) is 5.84 Å². The summed E-state index contributed by atoms with van der Waals surface area (Å²) >= 11 is 3.01. The number of hydrogen-bond acceptors (Lipinski definition) is 7. The average Bonchev–Trinajstić information content (AvgIpc) is 2.66. The summed E-state index contributed by atoms with van der Waals surface area (Å²) in [4.78, 5) is 12.7. The predicted molar refractivity (Wildman–Crippen MR) is 61.9 cm³/mol. The lowest BCUT2D eigenvalue weighted by Gasteiger charge is -2.03. The number of carbonyl (C=O) groups excluding carboxylic acids is 1. The van der Waals surface area contributed by atoms with Crippen LogP contribution in [0.2, 0.25) is 0 Å². The van der Waals surface area contributed by atoms with Crippen molar-refractivity contribution < 1.29 is 4.79 Å². The first-order valence-electron chi connectivity index (χ1n) is 4.26. The van der Waals surface area contributed by atoms with E-state index in [1.165, 1.54) is 23.1 Å². The van der Waals surface area contributed by atoms with Gasteiger partial charge in [-0.1, -0.05) is 23.1 Å². The SMILES string of the molecule is CN(C)c1nnc(SCCC(=O)NN)s1. The topological polar surface area (TPSA) is 84.1 Å². The molecule has 0 saturated carbocycles. The van der Waals surface area contributed by atoms with Gasteiger partial charge < -0.3 is 4.90 Å². The van der Waals surface area contributed by atoms with E-state index in [2.05, 4.69) is 15.6 Å². The smallest absolute Gasteiger partial charge is 0.234 e. The summed E-state index contributed by atoms with van der Waals surface area (Å²) in [6.07, 6.45) is 0.387. The molecule has 0 unspecified atom stereocenters. The van der Waals surface area contributed by atoms with Crippen molar-refractivity contribution >= 4 is 34.1 Å². The predicted octanol–water partition coefficient (Wildman–Crippen LogP) is 0.0762. The summed E-state index contributed by atoms with van der Waals surface area (Å²) in [6, 6.07) is 0. The molecule has 0 aliphatic rings. The monoisotopic (exact) mass is 247 g/mol. The van der Waals surface area contributed by atoms with Crippen molar-refractivity contribution in [3.63, 3.8) is 0 Å². The summed E-state index contributed by atoms with van der Waals surface area (Å²) in [5.41, 5.74) is 2.08. The van der Waals surface area contributed by atoms with Crippen LogP contribution in [0.15, 0.2) is 4.34 Å². The number of nitrogens with zero attached hydrogens (tertiary/aromatic N) is 3. The molecular weight excluding hydrogens is 234 g/mol. The molecule has 1 aromatic rings. The van der Waals surface area contributed by atoms with Gasteiger partial charge in [0.25, 0.3) is 0 Å². The fraction of sp³-hybridized carbons (Fsp3) is 0.571. The first kappa shape index (κ1) is 12.2. The minimum atomic E-state index is -0.167. The summed E-state index contributed by atoms with van der Waals surface area (Å²) < 4.78 is 0.864. The second-order valence-electron chi connectivity index (χ2n) is 2.91. The van der Waals surface area contributed by atoms with Crippen LogP contribution in [0.1, 0.15) is 6.42 Å². The molecule has 1 rings (SSSR count). The van der Waals surface area contributed by atoms with Crippen LogP contribution in [0.5, 0.6) is 0 Å². The van der Waals surface area contributed by atoms with E-state index in [1.54, 1.807) is 0 Å². The highest BCUT2D eigenvalue weighted by atomic mass is 32.2. The van der Waals surface area contributed by atoms with Gasteiger partial charge in [0.15, 0.2) is 4.34 Å². The molecule has 84 valence electrons. The van der Waals surface area contributed by atoms with Gasteiger partial charge in [-0.25, -0.2) is 5.84 Å². The van der Waals surface area contributed by atoms with E-state index >= 15 is 0 Å². The molecule has 0 aromatic carbocycles. The molecule has 15 heavy (non-hydrogen) atoms. The zero-order valence-electron chi connectivity index (χ0n) is 8.56. The maximum Gasteiger partial charge on any atom is 0.234 e. The Morgan fingerprint density at radius 2 is 2.33 bits per heavy atom. The lowest BCUT2D eigenvalue weighted by Crippen LogP contribution is -2.30. The largest absolute Gasteiger partial charge is 0.353 e. The molecule has 0 bridgehead atoms. The van der Waals surface area contributed by atoms with Crippen molar-refractivity contribution in [1.29, 1.82) is 0 Å². The molecule has 0 atom stereocenters. The fourth-order valence-corrected chi connectivity index (χ4v) is 2.52. The Kier molecular flexibility index (Phi) is 4.79. The molecular formula is C7H13N5OS2. The Morgan fingerprint density at radius 1 is 1.60 bits per heavy atom. The molecule has 0 aliphatic heterocycles. The van der Waals surface area contributed by atoms with E-state index < -0.39 is 0 Å². The maximum atomic E-state index is 10.8. The van der Waals surface area contributed by atoms with Crippen LogP contribution in [-0.4, -0.2) is 36.0 Å². The highest BCUT2D eigenvalue weighted by Gasteiger charge is 2.06. The van der Waals surface area contributed by atoms with Crippen LogP contribution in [0, 0.1) is 0 Å². The van der Waals surface area contributed by atoms with Gasteiger partial charge in [0.1, 0.15) is 0 Å². The molecule has 0 fully saturated rings. The van der Waals surface area contributed by atoms with Crippen molar-refractivity contribution in [2.45, 2.75) is 10.8 Å². The molecule has 0 radical (unpaired) electrons. The molecule has 3 N–H and O–H groups in total. The average molecular weight is 247 g/mol. The first-order chi connectivity index (χ1) is 7.13. The van der Waals surface area contributed by atoms with Crippen LogP contribution in [0.4, 0.5) is 5.13 Å². The molecule has 1 amide bonds. The van der Waals surface area contributed by atoms with Crippen molar-refractivity contribution in [1.82, 2.24) is 15.6 Å². The lowest BCUT2D eigenvalue weighted by molar-refractivity contribution is -0.120. The van der Waals surface area contributed by atoms with E-state index in [1.807, 2.05) is 19.0 Å². The highest BCUT2D eigenvalue weighted by Crippen LogP contribution is 2.26. The number of hydrazine groups is 1. The van der Waals surface area contributed by atoms with Crippen LogP contribution in [0.25, 0.3) is 0 Å². The van der Waals surface area contributed by atoms with Gasteiger partial charge in [0.2, 0.25) is 11.0 Å². The Morgan fingerprint density at radius 3 is 2.87 bits per heavy atom. The number of nitrogens with one attached hydrogen (secondary N) is 1. The minimum Gasteiger partial charge on any atom is -0.353 e. The zero-order chi connectivity index (χ0) is 11.3. The lowest BCUT2D eigenvalue weighted by atomic mass is 10.5. The normalized spacial score (nSPS) is 10.1. The fourth-order valence-electron chi connectivity index (χ4n) is 0.745. The van der Waals surface area contributed by atoms with Crippen LogP contribution in [0.3, 0.4) is 0 Å². The van der Waals surface area contributed by atoms with E-state index in [-0.39, 0.29) is 5.91 Å². The second-order valence-corrected chi connectivity index (χ2v) is 5.21. The standard InChI is InChI=1S/C7H13N5OS2/c1-12(2)6-10-11-7(15-6)14-4-3-5(13)9-8/h3-4,8H2,1-2H3,(H,9,13). The van der Waals surface area contributed by atoms with Gasteiger partial charge in [-0.15, -0.1) is 10.2 Å². The summed E-state index contributed by atoms with van der Waals surface area (Å²) in [6.45, 7) is 0. The van der Waals surface area contributed by atoms with Crippen molar-refractivity contribution in [3.05, 3.63) is 0 Å². The van der Waals surface area contributed by atoms with E-state index in [0.29, 0.717) is 12.2 Å². The van der Waals surface area contributed by atoms with E-state index in [4.69, 9.17) is 5.84 Å². The number of aromatic nitrogens is 2. The number of nitrogens with two attached hydrogens (primary N) is 1. The third kappa shape index (κ3) is 4.02. The number of thioether (sulfide) groups is 1. The number of amides is 1. The first-order valence-corrected chi connectivity index (χ1v) is 6.06. The maximum absolute atomic E-state index is 10.8. The van der Waals surface area contributed by atoms with Gasteiger partial charge >= 0.3 is 0 Å². The zero-order valence-corrected chi connectivity index (χ0v) is 10.2. The van der Waals surface area contributed by atoms with Gasteiger partial charge in [-0.3, -0.25) is 10.2 Å². The number of carbonyl (C=O) groups is 1. The third-order valence-corrected chi connectivity index (χ3v) is 3.72. The minimum absolute atomic E-state index is 0.167. The Hall–Kier alpha value is -0.860. The number of hydrogen-bond donors (Lipinski definition) is 2. The van der Waals surface area contributed by atoms with Gasteiger partial charge in [0, 0.05) is 26.3 Å². The summed E-state index contributed by atoms with van der Waals surface area (Å²) in [5, 5.41) is 8.83.